The van der Waals surface area contributed by atoms with Crippen molar-refractivity contribution in [2.45, 2.75) is 0 Å². The van der Waals surface area contributed by atoms with E-state index in [1.807, 2.05) is 0 Å². The minimum absolute atomic E-state index is 0.184. The fraction of sp³-hybridized carbons (Fsp3) is 0. The Kier molecular flexibility index (Phi) is 4.30. The molecule has 2 rings (SSSR count). The maximum absolute atomic E-state index is 11.3. The van der Waals surface area contributed by atoms with Crippen molar-refractivity contribution in [1.82, 2.24) is 4.98 Å². The molecule has 0 saturated carbocycles. The Morgan fingerprint density at radius 3 is 2.67 bits per heavy atom. The van der Waals surface area contributed by atoms with Crippen molar-refractivity contribution in [2.24, 2.45) is 5.73 Å². The lowest BCUT2D eigenvalue weighted by molar-refractivity contribution is -0.131. The SMILES string of the molecule is NC(=O)c1ccccc1Oc1ncccc1/C=C/C(=O)O. The van der Waals surface area contributed by atoms with Crippen LogP contribution in [0.25, 0.3) is 6.08 Å². The van der Waals surface area contributed by atoms with E-state index in [0.717, 1.165) is 6.08 Å². The zero-order chi connectivity index (χ0) is 15.2. The van der Waals surface area contributed by atoms with E-state index in [0.29, 0.717) is 5.56 Å². The first-order chi connectivity index (χ1) is 10.1. The lowest BCUT2D eigenvalue weighted by Gasteiger charge is -2.09. The van der Waals surface area contributed by atoms with Gasteiger partial charge in [-0.3, -0.25) is 4.79 Å². The second kappa shape index (κ2) is 6.33. The fourth-order valence-electron chi connectivity index (χ4n) is 1.64. The highest BCUT2D eigenvalue weighted by molar-refractivity contribution is 5.95. The number of para-hydroxylation sites is 1. The molecule has 1 heterocycles. The van der Waals surface area contributed by atoms with Crippen molar-refractivity contribution in [2.75, 3.05) is 0 Å². The monoisotopic (exact) mass is 284 g/mol. The maximum Gasteiger partial charge on any atom is 0.328 e. The molecule has 0 atom stereocenters. The molecule has 0 aliphatic carbocycles. The van der Waals surface area contributed by atoms with Crippen molar-refractivity contribution in [3.63, 3.8) is 0 Å². The van der Waals surface area contributed by atoms with E-state index in [4.69, 9.17) is 15.6 Å². The number of carbonyl (C=O) groups excluding carboxylic acids is 1. The predicted octanol–water partition coefficient (Wildman–Crippen LogP) is 2.07. The van der Waals surface area contributed by atoms with Gasteiger partial charge in [-0.2, -0.15) is 0 Å². The number of hydrogen-bond donors (Lipinski definition) is 2. The van der Waals surface area contributed by atoms with Crippen molar-refractivity contribution in [3.8, 4) is 11.6 Å². The van der Waals surface area contributed by atoms with E-state index in [1.165, 1.54) is 18.3 Å². The number of carbonyl (C=O) groups is 2. The lowest BCUT2D eigenvalue weighted by atomic mass is 10.2. The molecule has 6 nitrogen and oxygen atoms in total. The van der Waals surface area contributed by atoms with Crippen LogP contribution >= 0.6 is 0 Å². The average Bonchev–Trinajstić information content (AvgIpc) is 2.46. The Labute approximate surface area is 120 Å². The number of nitrogens with two attached hydrogens (primary N) is 1. The van der Waals surface area contributed by atoms with Gasteiger partial charge in [-0.05, 0) is 30.3 Å². The van der Waals surface area contributed by atoms with Crippen LogP contribution in [-0.4, -0.2) is 22.0 Å². The summed E-state index contributed by atoms with van der Waals surface area (Å²) in [5.74, 6) is -1.26. The number of primary amides is 1. The molecule has 3 N–H and O–H groups in total. The Bertz CT molecular complexity index is 710. The number of carboxylic acids is 1. The van der Waals surface area contributed by atoms with Gasteiger partial charge in [0.2, 0.25) is 5.88 Å². The van der Waals surface area contributed by atoms with Crippen LogP contribution in [0.4, 0.5) is 0 Å². The molecule has 0 fully saturated rings. The molecule has 21 heavy (non-hydrogen) atoms. The van der Waals surface area contributed by atoms with Crippen molar-refractivity contribution < 1.29 is 19.4 Å². The average molecular weight is 284 g/mol. The van der Waals surface area contributed by atoms with Gasteiger partial charge in [0.05, 0.1) is 5.56 Å². The number of rotatable bonds is 5. The zero-order valence-electron chi connectivity index (χ0n) is 10.9. The topological polar surface area (TPSA) is 103 Å². The number of nitrogens with zero attached hydrogens (tertiary/aromatic N) is 1. The van der Waals surface area contributed by atoms with Gasteiger partial charge < -0.3 is 15.6 Å². The Morgan fingerprint density at radius 2 is 1.95 bits per heavy atom. The first kappa shape index (κ1) is 14.3. The lowest BCUT2D eigenvalue weighted by Crippen LogP contribution is -2.12. The summed E-state index contributed by atoms with van der Waals surface area (Å²) >= 11 is 0. The molecule has 0 spiro atoms. The van der Waals surface area contributed by atoms with Crippen LogP contribution in [0.3, 0.4) is 0 Å². The first-order valence-corrected chi connectivity index (χ1v) is 6.00. The van der Waals surface area contributed by atoms with E-state index in [2.05, 4.69) is 4.98 Å². The quantitative estimate of drug-likeness (QED) is 0.818. The van der Waals surface area contributed by atoms with E-state index in [1.54, 1.807) is 30.3 Å². The van der Waals surface area contributed by atoms with Crippen LogP contribution in [0.15, 0.2) is 48.7 Å². The highest BCUT2D eigenvalue weighted by atomic mass is 16.5. The number of pyridine rings is 1. The summed E-state index contributed by atoms with van der Waals surface area (Å²) in [5.41, 5.74) is 5.96. The second-order valence-corrected chi connectivity index (χ2v) is 4.03. The van der Waals surface area contributed by atoms with Crippen LogP contribution in [-0.2, 0) is 4.79 Å². The Morgan fingerprint density at radius 1 is 1.19 bits per heavy atom. The number of aromatic nitrogens is 1. The third-order valence-corrected chi connectivity index (χ3v) is 2.57. The maximum atomic E-state index is 11.3. The van der Waals surface area contributed by atoms with Crippen LogP contribution in [0.5, 0.6) is 11.6 Å². The van der Waals surface area contributed by atoms with Gasteiger partial charge in [0, 0.05) is 17.8 Å². The summed E-state index contributed by atoms with van der Waals surface area (Å²) in [4.78, 5) is 26.0. The number of carboxylic acid groups (broad SMARTS) is 1. The van der Waals surface area contributed by atoms with Crippen LogP contribution < -0.4 is 10.5 Å². The molecule has 1 aromatic heterocycles. The highest BCUT2D eigenvalue weighted by Gasteiger charge is 2.11. The second-order valence-electron chi connectivity index (χ2n) is 4.03. The third-order valence-electron chi connectivity index (χ3n) is 2.57. The number of benzene rings is 1. The molecular formula is C15H12N2O4. The summed E-state index contributed by atoms with van der Waals surface area (Å²) in [5, 5.41) is 8.66. The number of aliphatic carboxylic acids is 1. The molecule has 0 radical (unpaired) electrons. The molecule has 0 bridgehead atoms. The van der Waals surface area contributed by atoms with Gasteiger partial charge in [0.1, 0.15) is 5.75 Å². The Balaban J connectivity index is 2.37. The minimum Gasteiger partial charge on any atom is -0.478 e. The Hall–Kier alpha value is -3.15. The van der Waals surface area contributed by atoms with Crippen molar-refractivity contribution in [3.05, 3.63) is 59.8 Å². The number of ether oxygens (including phenoxy) is 1. The summed E-state index contributed by atoms with van der Waals surface area (Å²) in [6.45, 7) is 0. The van der Waals surface area contributed by atoms with Gasteiger partial charge >= 0.3 is 5.97 Å². The molecule has 0 aliphatic heterocycles. The summed E-state index contributed by atoms with van der Waals surface area (Å²) in [7, 11) is 0. The van der Waals surface area contributed by atoms with Gasteiger partial charge in [-0.1, -0.05) is 12.1 Å². The molecule has 106 valence electrons. The third kappa shape index (κ3) is 3.66. The summed E-state index contributed by atoms with van der Waals surface area (Å²) < 4.78 is 5.58. The number of amides is 1. The van der Waals surface area contributed by atoms with Gasteiger partial charge in [0.25, 0.3) is 5.91 Å². The van der Waals surface area contributed by atoms with Gasteiger partial charge in [-0.25, -0.2) is 9.78 Å². The molecular weight excluding hydrogens is 272 g/mol. The molecule has 2 aromatic rings. The van der Waals surface area contributed by atoms with Gasteiger partial charge in [0.15, 0.2) is 0 Å². The van der Waals surface area contributed by atoms with Crippen molar-refractivity contribution >= 4 is 18.0 Å². The van der Waals surface area contributed by atoms with E-state index in [-0.39, 0.29) is 17.2 Å². The van der Waals surface area contributed by atoms with Crippen molar-refractivity contribution in [1.29, 1.82) is 0 Å². The summed E-state index contributed by atoms with van der Waals surface area (Å²) in [6.07, 6.45) is 3.84. The van der Waals surface area contributed by atoms with E-state index >= 15 is 0 Å². The molecule has 0 unspecified atom stereocenters. The van der Waals surface area contributed by atoms with E-state index < -0.39 is 11.9 Å². The van der Waals surface area contributed by atoms with Crippen LogP contribution in [0.2, 0.25) is 0 Å². The predicted molar refractivity (Wildman–Crippen MR) is 75.9 cm³/mol. The standard InChI is InChI=1S/C15H12N2O4/c16-14(20)11-5-1-2-6-12(11)21-15-10(4-3-9-17-15)7-8-13(18)19/h1-9H,(H2,16,20)(H,18,19)/b8-7+. The van der Waals surface area contributed by atoms with Gasteiger partial charge in [-0.15, -0.1) is 0 Å². The molecule has 0 aliphatic rings. The van der Waals surface area contributed by atoms with E-state index in [9.17, 15) is 9.59 Å². The molecule has 6 heteroatoms. The molecule has 1 aromatic carbocycles. The van der Waals surface area contributed by atoms with Crippen LogP contribution in [0.1, 0.15) is 15.9 Å². The minimum atomic E-state index is -1.08. The first-order valence-electron chi connectivity index (χ1n) is 6.00. The summed E-state index contributed by atoms with van der Waals surface area (Å²) in [6, 6.07) is 9.77. The fourth-order valence-corrected chi connectivity index (χ4v) is 1.64. The smallest absolute Gasteiger partial charge is 0.328 e. The highest BCUT2D eigenvalue weighted by Crippen LogP contribution is 2.26. The normalized spacial score (nSPS) is 10.5. The van der Waals surface area contributed by atoms with Crippen LogP contribution in [0, 0.1) is 0 Å². The zero-order valence-corrected chi connectivity index (χ0v) is 10.9. The largest absolute Gasteiger partial charge is 0.478 e. The number of hydrogen-bond acceptors (Lipinski definition) is 4. The molecule has 1 amide bonds. The molecule has 0 saturated heterocycles.